The standard InChI is InChI=1S/C18H15N3O3/c1-12-5-6-16-15(7-12)21(11-18(23)24-16)10-17(22)20-14-4-2-3-13(8-14)9-19/h2-8H,10-11H2,1H3,(H,20,22). The molecule has 0 atom stereocenters. The Morgan fingerprint density at radius 2 is 2.17 bits per heavy atom. The van der Waals surface area contributed by atoms with E-state index in [-0.39, 0.29) is 19.0 Å². The summed E-state index contributed by atoms with van der Waals surface area (Å²) >= 11 is 0. The van der Waals surface area contributed by atoms with Crippen LogP contribution in [-0.2, 0) is 9.59 Å². The molecule has 1 heterocycles. The minimum Gasteiger partial charge on any atom is -0.423 e. The Bertz CT molecular complexity index is 855. The van der Waals surface area contributed by atoms with Gasteiger partial charge in [-0.2, -0.15) is 5.26 Å². The fraction of sp³-hybridized carbons (Fsp3) is 0.167. The SMILES string of the molecule is Cc1ccc2c(c1)N(CC(=O)Nc1cccc(C#N)c1)CC(=O)O2. The van der Waals surface area contributed by atoms with Crippen molar-refractivity contribution in [3.05, 3.63) is 53.6 Å². The minimum absolute atomic E-state index is 0.0160. The molecule has 0 saturated heterocycles. The van der Waals surface area contributed by atoms with Gasteiger partial charge in [0.15, 0.2) is 5.75 Å². The van der Waals surface area contributed by atoms with Gasteiger partial charge in [0.05, 0.1) is 23.9 Å². The molecule has 0 unspecified atom stereocenters. The lowest BCUT2D eigenvalue weighted by Crippen LogP contribution is -2.41. The molecule has 120 valence electrons. The van der Waals surface area contributed by atoms with Gasteiger partial charge < -0.3 is 15.0 Å². The van der Waals surface area contributed by atoms with Gasteiger partial charge in [0, 0.05) is 5.69 Å². The molecule has 2 aromatic carbocycles. The van der Waals surface area contributed by atoms with Crippen molar-refractivity contribution >= 4 is 23.3 Å². The molecule has 24 heavy (non-hydrogen) atoms. The van der Waals surface area contributed by atoms with Gasteiger partial charge in [-0.25, -0.2) is 4.79 Å². The van der Waals surface area contributed by atoms with Gasteiger partial charge in [0.2, 0.25) is 5.91 Å². The van der Waals surface area contributed by atoms with Crippen LogP contribution in [-0.4, -0.2) is 25.0 Å². The third-order valence-corrected chi connectivity index (χ3v) is 3.61. The van der Waals surface area contributed by atoms with Gasteiger partial charge >= 0.3 is 5.97 Å². The number of rotatable bonds is 3. The first kappa shape index (κ1) is 15.6. The maximum absolute atomic E-state index is 12.3. The summed E-state index contributed by atoms with van der Waals surface area (Å²) in [5.74, 6) is -0.214. The van der Waals surface area contributed by atoms with Crippen molar-refractivity contribution in [1.29, 1.82) is 5.26 Å². The topological polar surface area (TPSA) is 82.4 Å². The highest BCUT2D eigenvalue weighted by Crippen LogP contribution is 2.32. The number of fused-ring (bicyclic) bond motifs is 1. The number of nitrogens with one attached hydrogen (secondary N) is 1. The second-order valence-corrected chi connectivity index (χ2v) is 5.54. The van der Waals surface area contributed by atoms with Crippen LogP contribution in [0.25, 0.3) is 0 Å². The number of ether oxygens (including phenoxy) is 1. The van der Waals surface area contributed by atoms with Crippen molar-refractivity contribution < 1.29 is 14.3 Å². The molecule has 6 nitrogen and oxygen atoms in total. The Labute approximate surface area is 139 Å². The van der Waals surface area contributed by atoms with Crippen molar-refractivity contribution in [2.45, 2.75) is 6.92 Å². The lowest BCUT2D eigenvalue weighted by Gasteiger charge is -2.29. The van der Waals surface area contributed by atoms with Gasteiger partial charge in [-0.05, 0) is 42.8 Å². The maximum atomic E-state index is 12.3. The van der Waals surface area contributed by atoms with Crippen LogP contribution in [0.4, 0.5) is 11.4 Å². The molecule has 1 aliphatic rings. The summed E-state index contributed by atoms with van der Waals surface area (Å²) in [5, 5.41) is 11.6. The van der Waals surface area contributed by atoms with E-state index in [0.717, 1.165) is 11.3 Å². The summed E-state index contributed by atoms with van der Waals surface area (Å²) in [6.45, 7) is 1.97. The molecule has 0 radical (unpaired) electrons. The number of nitriles is 1. The lowest BCUT2D eigenvalue weighted by atomic mass is 10.1. The molecule has 3 rings (SSSR count). The summed E-state index contributed by atoms with van der Waals surface area (Å²) < 4.78 is 5.20. The predicted molar refractivity (Wildman–Crippen MR) is 88.8 cm³/mol. The molecular formula is C18H15N3O3. The van der Waals surface area contributed by atoms with Crippen LogP contribution in [0.1, 0.15) is 11.1 Å². The number of esters is 1. The smallest absolute Gasteiger partial charge is 0.331 e. The summed E-state index contributed by atoms with van der Waals surface area (Å²) in [4.78, 5) is 25.7. The van der Waals surface area contributed by atoms with E-state index < -0.39 is 5.97 Å². The number of benzene rings is 2. The molecule has 6 heteroatoms. The molecule has 0 spiro atoms. The van der Waals surface area contributed by atoms with Crippen LogP contribution in [0.5, 0.6) is 5.75 Å². The first-order valence-electron chi connectivity index (χ1n) is 7.41. The van der Waals surface area contributed by atoms with E-state index in [1.165, 1.54) is 0 Å². The van der Waals surface area contributed by atoms with Crippen LogP contribution < -0.4 is 15.0 Å². The quantitative estimate of drug-likeness (QED) is 0.692. The van der Waals surface area contributed by atoms with Gasteiger partial charge in [-0.1, -0.05) is 12.1 Å². The minimum atomic E-state index is -0.398. The van der Waals surface area contributed by atoms with Crippen molar-refractivity contribution in [3.8, 4) is 11.8 Å². The molecule has 0 aliphatic carbocycles. The van der Waals surface area contributed by atoms with Crippen LogP contribution in [0, 0.1) is 18.3 Å². The van der Waals surface area contributed by atoms with E-state index in [2.05, 4.69) is 5.32 Å². The number of hydrogen-bond donors (Lipinski definition) is 1. The summed E-state index contributed by atoms with van der Waals surface area (Å²) in [6.07, 6.45) is 0. The van der Waals surface area contributed by atoms with Crippen molar-refractivity contribution in [2.75, 3.05) is 23.3 Å². The lowest BCUT2D eigenvalue weighted by molar-refractivity contribution is -0.133. The molecule has 1 N–H and O–H groups in total. The molecule has 0 fully saturated rings. The summed E-state index contributed by atoms with van der Waals surface area (Å²) in [6, 6.07) is 14.1. The van der Waals surface area contributed by atoms with Crippen LogP contribution in [0.15, 0.2) is 42.5 Å². The van der Waals surface area contributed by atoms with Crippen LogP contribution in [0.3, 0.4) is 0 Å². The van der Waals surface area contributed by atoms with E-state index in [1.807, 2.05) is 25.1 Å². The Balaban J connectivity index is 1.76. The molecule has 1 aliphatic heterocycles. The molecule has 0 bridgehead atoms. The number of nitrogens with zero attached hydrogens (tertiary/aromatic N) is 2. The normalized spacial score (nSPS) is 12.8. The van der Waals surface area contributed by atoms with E-state index >= 15 is 0 Å². The third-order valence-electron chi connectivity index (χ3n) is 3.61. The predicted octanol–water partition coefficient (Wildman–Crippen LogP) is 2.23. The number of amides is 1. The van der Waals surface area contributed by atoms with Gasteiger partial charge in [-0.3, -0.25) is 4.79 Å². The average Bonchev–Trinajstić information content (AvgIpc) is 2.55. The number of hydrogen-bond acceptors (Lipinski definition) is 5. The van der Waals surface area contributed by atoms with E-state index in [1.54, 1.807) is 35.2 Å². The number of anilines is 2. The molecule has 0 saturated carbocycles. The second-order valence-electron chi connectivity index (χ2n) is 5.54. The first-order valence-corrected chi connectivity index (χ1v) is 7.41. The fourth-order valence-electron chi connectivity index (χ4n) is 2.54. The van der Waals surface area contributed by atoms with Gasteiger partial charge in [-0.15, -0.1) is 0 Å². The number of carbonyl (C=O) groups is 2. The molecule has 0 aromatic heterocycles. The first-order chi connectivity index (χ1) is 11.5. The molecule has 1 amide bonds. The maximum Gasteiger partial charge on any atom is 0.331 e. The molecular weight excluding hydrogens is 306 g/mol. The van der Waals surface area contributed by atoms with E-state index in [0.29, 0.717) is 17.0 Å². The zero-order chi connectivity index (χ0) is 17.1. The van der Waals surface area contributed by atoms with Crippen LogP contribution >= 0.6 is 0 Å². The van der Waals surface area contributed by atoms with Crippen molar-refractivity contribution in [2.24, 2.45) is 0 Å². The highest BCUT2D eigenvalue weighted by molar-refractivity contribution is 5.96. The largest absolute Gasteiger partial charge is 0.423 e. The number of carbonyl (C=O) groups excluding carboxylic acids is 2. The Kier molecular flexibility index (Phi) is 4.17. The van der Waals surface area contributed by atoms with Gasteiger partial charge in [0.1, 0.15) is 6.54 Å². The Hall–Kier alpha value is -3.33. The van der Waals surface area contributed by atoms with Crippen LogP contribution in [0.2, 0.25) is 0 Å². The Morgan fingerprint density at radius 3 is 2.96 bits per heavy atom. The fourth-order valence-corrected chi connectivity index (χ4v) is 2.54. The van der Waals surface area contributed by atoms with Crippen molar-refractivity contribution in [1.82, 2.24) is 0 Å². The zero-order valence-corrected chi connectivity index (χ0v) is 13.1. The highest BCUT2D eigenvalue weighted by Gasteiger charge is 2.25. The Morgan fingerprint density at radius 1 is 1.33 bits per heavy atom. The highest BCUT2D eigenvalue weighted by atomic mass is 16.5. The van der Waals surface area contributed by atoms with Gasteiger partial charge in [0.25, 0.3) is 0 Å². The zero-order valence-electron chi connectivity index (χ0n) is 13.1. The summed E-state index contributed by atoms with van der Waals surface area (Å²) in [5.41, 5.74) is 2.74. The monoisotopic (exact) mass is 321 g/mol. The van der Waals surface area contributed by atoms with E-state index in [4.69, 9.17) is 10.00 Å². The van der Waals surface area contributed by atoms with Crippen molar-refractivity contribution in [3.63, 3.8) is 0 Å². The summed E-state index contributed by atoms with van der Waals surface area (Å²) in [7, 11) is 0. The van der Waals surface area contributed by atoms with E-state index in [9.17, 15) is 9.59 Å². The second kappa shape index (κ2) is 6.42. The third kappa shape index (κ3) is 3.36. The average molecular weight is 321 g/mol. The molecule has 2 aromatic rings. The number of aryl methyl sites for hydroxylation is 1.